The lowest BCUT2D eigenvalue weighted by Crippen LogP contribution is -2.48. The summed E-state index contributed by atoms with van der Waals surface area (Å²) in [4.78, 5) is 27.8. The third-order valence-corrected chi connectivity index (χ3v) is 5.39. The maximum atomic E-state index is 13.6. The van der Waals surface area contributed by atoms with Crippen molar-refractivity contribution < 1.29 is 19.1 Å². The molecule has 3 aromatic rings. The van der Waals surface area contributed by atoms with Gasteiger partial charge < -0.3 is 20.0 Å². The van der Waals surface area contributed by atoms with E-state index in [-0.39, 0.29) is 28.4 Å². The number of fused-ring (bicyclic) bond motifs is 6. The zero-order valence-corrected chi connectivity index (χ0v) is 14.9. The van der Waals surface area contributed by atoms with Crippen molar-refractivity contribution in [3.8, 4) is 11.8 Å². The highest BCUT2D eigenvalue weighted by atomic mass is 16.5. The van der Waals surface area contributed by atoms with Gasteiger partial charge in [0.15, 0.2) is 11.2 Å². The summed E-state index contributed by atoms with van der Waals surface area (Å²) in [7, 11) is 0. The number of nitrogens with zero attached hydrogens (tertiary/aromatic N) is 2. The van der Waals surface area contributed by atoms with Crippen LogP contribution in [0.15, 0.2) is 69.2 Å². The average Bonchev–Trinajstić information content (AvgIpc) is 2.96. The van der Waals surface area contributed by atoms with Crippen LogP contribution in [0.3, 0.4) is 0 Å². The molecule has 8 nitrogen and oxygen atoms in total. The molecule has 5 rings (SSSR count). The van der Waals surface area contributed by atoms with Crippen molar-refractivity contribution in [2.45, 2.75) is 5.41 Å². The quantitative estimate of drug-likeness (QED) is 0.605. The largest absolute Gasteiger partial charge is 0.439 e. The number of rotatable bonds is 1. The number of hydrogen-bond donors (Lipinski definition) is 2. The van der Waals surface area contributed by atoms with Crippen molar-refractivity contribution in [3.05, 3.63) is 81.5 Å². The first kappa shape index (κ1) is 17.0. The van der Waals surface area contributed by atoms with Gasteiger partial charge in [-0.15, -0.1) is 0 Å². The Hall–Kier alpha value is -4.09. The molecule has 29 heavy (non-hydrogen) atoms. The number of benzene rings is 2. The molecule has 1 spiro atoms. The molecule has 142 valence electrons. The van der Waals surface area contributed by atoms with Gasteiger partial charge in [0.1, 0.15) is 29.5 Å². The van der Waals surface area contributed by atoms with E-state index in [4.69, 9.17) is 14.9 Å². The molecule has 1 unspecified atom stereocenters. The third-order valence-electron chi connectivity index (χ3n) is 5.39. The summed E-state index contributed by atoms with van der Waals surface area (Å²) in [5.41, 5.74) is 4.03. The lowest BCUT2D eigenvalue weighted by molar-refractivity contribution is -0.121. The molecular weight excluding hydrogens is 374 g/mol. The lowest BCUT2D eigenvalue weighted by Gasteiger charge is -2.33. The maximum Gasteiger partial charge on any atom is 0.345 e. The Morgan fingerprint density at radius 2 is 1.86 bits per heavy atom. The van der Waals surface area contributed by atoms with Crippen LogP contribution in [0.5, 0.6) is 5.75 Å². The first-order valence-corrected chi connectivity index (χ1v) is 8.72. The normalized spacial score (nSPS) is 19.9. The fourth-order valence-electron chi connectivity index (χ4n) is 4.24. The minimum absolute atomic E-state index is 0.0660. The topological polar surface area (TPSA) is 130 Å². The van der Waals surface area contributed by atoms with Crippen molar-refractivity contribution in [3.63, 3.8) is 0 Å². The Morgan fingerprint density at radius 3 is 2.62 bits per heavy atom. The van der Waals surface area contributed by atoms with Gasteiger partial charge in [0.2, 0.25) is 11.8 Å². The van der Waals surface area contributed by atoms with Crippen LogP contribution in [0, 0.1) is 11.3 Å². The Balaban J connectivity index is 2.02. The Kier molecular flexibility index (Phi) is 3.35. The molecule has 0 fully saturated rings. The summed E-state index contributed by atoms with van der Waals surface area (Å²) >= 11 is 0. The summed E-state index contributed by atoms with van der Waals surface area (Å²) in [5, 5.41) is 20.2. The van der Waals surface area contributed by atoms with Gasteiger partial charge in [0, 0.05) is 5.56 Å². The number of aliphatic hydroxyl groups is 1. The van der Waals surface area contributed by atoms with E-state index in [9.17, 15) is 20.0 Å². The van der Waals surface area contributed by atoms with Gasteiger partial charge >= 0.3 is 5.63 Å². The molecule has 1 atom stereocenters. The van der Waals surface area contributed by atoms with E-state index in [1.165, 1.54) is 0 Å². The van der Waals surface area contributed by atoms with Crippen LogP contribution in [0.4, 0.5) is 5.69 Å². The van der Waals surface area contributed by atoms with E-state index < -0.39 is 23.7 Å². The fraction of sp³-hybridized carbons (Fsp3) is 0.0952. The van der Waals surface area contributed by atoms with Crippen LogP contribution in [-0.4, -0.2) is 17.7 Å². The van der Waals surface area contributed by atoms with E-state index >= 15 is 0 Å². The SMILES string of the molecule is N#CC1=C(N)Oc2c(c(=O)oc3ccccc23)C12C(=O)N(CO)c1ccccc12. The number of para-hydroxylation sites is 2. The standard InChI is InChI=1S/C21H13N3O5/c22-9-13-18(23)29-17-11-5-1-4-8-15(11)28-19(26)16(17)21(13)12-6-2-3-7-14(12)24(10-25)20(21)27/h1-8,25H,10,23H2. The molecule has 1 aromatic heterocycles. The van der Waals surface area contributed by atoms with E-state index in [0.717, 1.165) is 4.90 Å². The molecule has 2 aromatic carbocycles. The minimum Gasteiger partial charge on any atom is -0.439 e. The monoisotopic (exact) mass is 387 g/mol. The number of anilines is 1. The second kappa shape index (κ2) is 5.70. The Labute approximate surface area is 163 Å². The summed E-state index contributed by atoms with van der Waals surface area (Å²) < 4.78 is 11.2. The van der Waals surface area contributed by atoms with Crippen LogP contribution in [-0.2, 0) is 10.2 Å². The van der Waals surface area contributed by atoms with E-state index in [2.05, 4.69) is 0 Å². The first-order chi connectivity index (χ1) is 14.1. The van der Waals surface area contributed by atoms with Gasteiger partial charge in [-0.25, -0.2) is 4.79 Å². The van der Waals surface area contributed by atoms with Gasteiger partial charge in [0.25, 0.3) is 0 Å². The molecule has 0 saturated carbocycles. The molecule has 0 radical (unpaired) electrons. The summed E-state index contributed by atoms with van der Waals surface area (Å²) in [6, 6.07) is 15.2. The van der Waals surface area contributed by atoms with Gasteiger partial charge in [-0.1, -0.05) is 30.3 Å². The highest BCUT2D eigenvalue weighted by Crippen LogP contribution is 2.54. The van der Waals surface area contributed by atoms with Crippen LogP contribution >= 0.6 is 0 Å². The maximum absolute atomic E-state index is 13.6. The van der Waals surface area contributed by atoms with Crippen molar-refractivity contribution in [1.29, 1.82) is 5.26 Å². The van der Waals surface area contributed by atoms with Gasteiger partial charge in [-0.05, 0) is 18.2 Å². The molecule has 0 saturated heterocycles. The second-order valence-corrected chi connectivity index (χ2v) is 6.68. The number of carbonyl (C=O) groups is 1. The van der Waals surface area contributed by atoms with E-state index in [0.29, 0.717) is 16.6 Å². The number of ether oxygens (including phenoxy) is 1. The average molecular weight is 387 g/mol. The van der Waals surface area contributed by atoms with Crippen molar-refractivity contribution >= 4 is 22.6 Å². The predicted octanol–water partition coefficient (Wildman–Crippen LogP) is 1.46. The van der Waals surface area contributed by atoms with Gasteiger partial charge in [0.05, 0.1) is 11.1 Å². The molecule has 2 aliphatic heterocycles. The molecule has 0 bridgehead atoms. The minimum atomic E-state index is -1.86. The third kappa shape index (κ3) is 1.89. The molecular formula is C21H13N3O5. The van der Waals surface area contributed by atoms with E-state index in [1.54, 1.807) is 48.5 Å². The lowest BCUT2D eigenvalue weighted by atomic mass is 9.69. The van der Waals surface area contributed by atoms with Crippen LogP contribution in [0.25, 0.3) is 11.0 Å². The number of hydrogen-bond acceptors (Lipinski definition) is 7. The Morgan fingerprint density at radius 1 is 1.14 bits per heavy atom. The molecule has 0 aliphatic carbocycles. The number of aliphatic hydroxyl groups excluding tert-OH is 1. The summed E-state index contributed by atoms with van der Waals surface area (Å²) in [6.45, 7) is -0.634. The number of amides is 1. The molecule has 3 N–H and O–H groups in total. The smallest absolute Gasteiger partial charge is 0.345 e. The van der Waals surface area contributed by atoms with Crippen LogP contribution < -0.4 is 21.0 Å². The van der Waals surface area contributed by atoms with Crippen molar-refractivity contribution in [2.24, 2.45) is 5.73 Å². The first-order valence-electron chi connectivity index (χ1n) is 8.72. The van der Waals surface area contributed by atoms with Gasteiger partial charge in [-0.3, -0.25) is 9.69 Å². The zero-order valence-electron chi connectivity index (χ0n) is 14.9. The van der Waals surface area contributed by atoms with Crippen molar-refractivity contribution in [2.75, 3.05) is 11.6 Å². The molecule has 8 heteroatoms. The molecule has 3 heterocycles. The second-order valence-electron chi connectivity index (χ2n) is 6.68. The fourth-order valence-corrected chi connectivity index (χ4v) is 4.24. The highest BCUT2D eigenvalue weighted by Gasteiger charge is 2.61. The molecule has 2 aliphatic rings. The number of carbonyl (C=O) groups excluding carboxylic acids is 1. The Bertz CT molecular complexity index is 1350. The van der Waals surface area contributed by atoms with Crippen LogP contribution in [0.2, 0.25) is 0 Å². The molecule has 1 amide bonds. The zero-order chi connectivity index (χ0) is 20.3. The van der Waals surface area contributed by atoms with Gasteiger partial charge in [-0.2, -0.15) is 5.26 Å². The number of nitrogens with two attached hydrogens (primary N) is 1. The van der Waals surface area contributed by atoms with Crippen molar-refractivity contribution in [1.82, 2.24) is 0 Å². The van der Waals surface area contributed by atoms with Crippen LogP contribution in [0.1, 0.15) is 11.1 Å². The predicted molar refractivity (Wildman–Crippen MR) is 102 cm³/mol. The number of nitriles is 1. The van der Waals surface area contributed by atoms with E-state index in [1.807, 2.05) is 6.07 Å². The summed E-state index contributed by atoms with van der Waals surface area (Å²) in [5.74, 6) is -0.886. The summed E-state index contributed by atoms with van der Waals surface area (Å²) in [6.07, 6.45) is 0. The highest BCUT2D eigenvalue weighted by molar-refractivity contribution is 6.14.